The van der Waals surface area contributed by atoms with E-state index in [0.717, 1.165) is 36.0 Å². The van der Waals surface area contributed by atoms with Crippen LogP contribution < -0.4 is 5.32 Å². The maximum absolute atomic E-state index is 6.27. The Labute approximate surface area is 114 Å². The lowest BCUT2D eigenvalue weighted by molar-refractivity contribution is -0.00933. The number of rotatable bonds is 4. The second-order valence-electron chi connectivity index (χ2n) is 4.98. The van der Waals surface area contributed by atoms with Gasteiger partial charge in [0.2, 0.25) is 0 Å². The van der Waals surface area contributed by atoms with Gasteiger partial charge in [0.05, 0.1) is 29.1 Å². The van der Waals surface area contributed by atoms with E-state index in [-0.39, 0.29) is 6.10 Å². The van der Waals surface area contributed by atoms with Crippen molar-refractivity contribution >= 4 is 11.6 Å². The number of aryl methyl sites for hydroxylation is 2. The molecular weight excluding hydrogens is 250 g/mol. The Kier molecular flexibility index (Phi) is 4.65. The van der Waals surface area contributed by atoms with Gasteiger partial charge in [-0.25, -0.2) is 0 Å². The van der Waals surface area contributed by atoms with Crippen LogP contribution in [0.25, 0.3) is 0 Å². The maximum Gasteiger partial charge on any atom is 0.0904 e. The molecule has 1 N–H and O–H groups in total. The summed E-state index contributed by atoms with van der Waals surface area (Å²) in [6.07, 6.45) is 1.44. The third kappa shape index (κ3) is 2.87. The summed E-state index contributed by atoms with van der Waals surface area (Å²) in [6.45, 7) is 9.63. The number of hydrogen-bond donors (Lipinski definition) is 1. The van der Waals surface area contributed by atoms with Crippen LogP contribution in [0.15, 0.2) is 0 Å². The molecule has 0 radical (unpaired) electrons. The highest BCUT2D eigenvalue weighted by atomic mass is 35.5. The van der Waals surface area contributed by atoms with E-state index in [9.17, 15) is 0 Å². The summed E-state index contributed by atoms with van der Waals surface area (Å²) in [5, 5.41) is 8.51. The van der Waals surface area contributed by atoms with Crippen molar-refractivity contribution in [3.05, 3.63) is 16.4 Å². The van der Waals surface area contributed by atoms with E-state index in [2.05, 4.69) is 24.3 Å². The third-order valence-corrected chi connectivity index (χ3v) is 4.14. The number of hydrogen-bond acceptors (Lipinski definition) is 3. The highest BCUT2D eigenvalue weighted by Gasteiger charge is 2.23. The topological polar surface area (TPSA) is 39.1 Å². The first-order valence-corrected chi connectivity index (χ1v) is 7.05. The molecule has 1 fully saturated rings. The Balaban J connectivity index is 2.01. The monoisotopic (exact) mass is 271 g/mol. The molecule has 1 aromatic rings. The van der Waals surface area contributed by atoms with Gasteiger partial charge < -0.3 is 10.1 Å². The van der Waals surface area contributed by atoms with Crippen molar-refractivity contribution in [3.8, 4) is 0 Å². The van der Waals surface area contributed by atoms with Gasteiger partial charge in [-0.2, -0.15) is 5.10 Å². The van der Waals surface area contributed by atoms with Crippen molar-refractivity contribution in [2.24, 2.45) is 5.92 Å². The van der Waals surface area contributed by atoms with E-state index in [1.165, 1.54) is 6.42 Å². The van der Waals surface area contributed by atoms with Gasteiger partial charge in [0, 0.05) is 13.1 Å². The van der Waals surface area contributed by atoms with E-state index in [1.807, 2.05) is 11.6 Å². The highest BCUT2D eigenvalue weighted by molar-refractivity contribution is 6.31. The normalized spacial score (nSPS) is 24.4. The Hall–Kier alpha value is -0.580. The minimum Gasteiger partial charge on any atom is -0.370 e. The third-order valence-electron chi connectivity index (χ3n) is 3.64. The summed E-state index contributed by atoms with van der Waals surface area (Å²) in [5.41, 5.74) is 1.88. The van der Waals surface area contributed by atoms with Gasteiger partial charge in [-0.05, 0) is 32.7 Å². The lowest BCUT2D eigenvalue weighted by atomic mass is 9.97. The maximum atomic E-state index is 6.27. The Morgan fingerprint density at radius 1 is 1.56 bits per heavy atom. The molecule has 102 valence electrons. The molecule has 2 unspecified atom stereocenters. The molecule has 18 heavy (non-hydrogen) atoms. The van der Waals surface area contributed by atoms with Gasteiger partial charge in [-0.3, -0.25) is 4.68 Å². The minimum absolute atomic E-state index is 0.273. The van der Waals surface area contributed by atoms with E-state index >= 15 is 0 Å². The molecule has 1 saturated heterocycles. The van der Waals surface area contributed by atoms with Gasteiger partial charge in [0.1, 0.15) is 0 Å². The summed E-state index contributed by atoms with van der Waals surface area (Å²) in [4.78, 5) is 0. The SMILES string of the molecule is CCn1nc(C)c(Cl)c1COC1CNCCC1C. The molecule has 0 aliphatic carbocycles. The summed E-state index contributed by atoms with van der Waals surface area (Å²) < 4.78 is 7.94. The molecular formula is C13H22ClN3O. The number of aromatic nitrogens is 2. The average Bonchev–Trinajstić information content (AvgIpc) is 2.65. The van der Waals surface area contributed by atoms with Crippen LogP contribution in [-0.4, -0.2) is 29.0 Å². The Bertz CT molecular complexity index is 405. The number of nitrogens with zero attached hydrogens (tertiary/aromatic N) is 2. The number of halogens is 1. The van der Waals surface area contributed by atoms with E-state index < -0.39 is 0 Å². The molecule has 2 atom stereocenters. The van der Waals surface area contributed by atoms with Crippen LogP contribution in [0.3, 0.4) is 0 Å². The molecule has 2 heterocycles. The number of nitrogens with one attached hydrogen (secondary N) is 1. The van der Waals surface area contributed by atoms with Crippen molar-refractivity contribution in [1.29, 1.82) is 0 Å². The summed E-state index contributed by atoms with van der Waals surface area (Å²) in [5.74, 6) is 0.601. The first kappa shape index (κ1) is 13.8. The number of ether oxygens (including phenoxy) is 1. The van der Waals surface area contributed by atoms with Gasteiger partial charge in [-0.1, -0.05) is 18.5 Å². The van der Waals surface area contributed by atoms with Crippen molar-refractivity contribution < 1.29 is 4.74 Å². The largest absolute Gasteiger partial charge is 0.370 e. The second-order valence-corrected chi connectivity index (χ2v) is 5.36. The van der Waals surface area contributed by atoms with Crippen molar-refractivity contribution in [2.45, 2.75) is 46.4 Å². The molecule has 1 aliphatic rings. The van der Waals surface area contributed by atoms with Gasteiger partial charge in [-0.15, -0.1) is 0 Å². The van der Waals surface area contributed by atoms with E-state index in [1.54, 1.807) is 0 Å². The lowest BCUT2D eigenvalue weighted by Gasteiger charge is -2.29. The smallest absolute Gasteiger partial charge is 0.0904 e. The first-order valence-electron chi connectivity index (χ1n) is 6.67. The van der Waals surface area contributed by atoms with Crippen LogP contribution in [-0.2, 0) is 17.9 Å². The molecule has 4 nitrogen and oxygen atoms in total. The van der Waals surface area contributed by atoms with Crippen LogP contribution in [0, 0.1) is 12.8 Å². The molecule has 1 aromatic heterocycles. The van der Waals surface area contributed by atoms with Crippen LogP contribution in [0.5, 0.6) is 0 Å². The van der Waals surface area contributed by atoms with Crippen molar-refractivity contribution in [3.63, 3.8) is 0 Å². The zero-order valence-electron chi connectivity index (χ0n) is 11.4. The molecule has 0 saturated carbocycles. The second kappa shape index (κ2) is 6.04. The summed E-state index contributed by atoms with van der Waals surface area (Å²) >= 11 is 6.27. The molecule has 1 aliphatic heterocycles. The number of piperidine rings is 1. The first-order chi connectivity index (χ1) is 8.63. The van der Waals surface area contributed by atoms with Crippen molar-refractivity contribution in [1.82, 2.24) is 15.1 Å². The van der Waals surface area contributed by atoms with E-state index in [0.29, 0.717) is 12.5 Å². The predicted octanol–water partition coefficient (Wildman–Crippen LogP) is 2.38. The van der Waals surface area contributed by atoms with Crippen molar-refractivity contribution in [2.75, 3.05) is 13.1 Å². The van der Waals surface area contributed by atoms with Crippen LogP contribution in [0.1, 0.15) is 31.7 Å². The molecule has 0 aromatic carbocycles. The molecule has 0 spiro atoms. The highest BCUT2D eigenvalue weighted by Crippen LogP contribution is 2.23. The zero-order valence-corrected chi connectivity index (χ0v) is 12.1. The van der Waals surface area contributed by atoms with E-state index in [4.69, 9.17) is 16.3 Å². The predicted molar refractivity (Wildman–Crippen MR) is 72.9 cm³/mol. The lowest BCUT2D eigenvalue weighted by Crippen LogP contribution is -2.41. The van der Waals surface area contributed by atoms with Gasteiger partial charge in [0.15, 0.2) is 0 Å². The molecule has 0 bridgehead atoms. The van der Waals surface area contributed by atoms with Gasteiger partial charge >= 0.3 is 0 Å². The Morgan fingerprint density at radius 3 is 3.00 bits per heavy atom. The fourth-order valence-electron chi connectivity index (χ4n) is 2.38. The zero-order chi connectivity index (χ0) is 13.1. The molecule has 5 heteroatoms. The van der Waals surface area contributed by atoms with Crippen LogP contribution in [0.2, 0.25) is 5.02 Å². The summed E-state index contributed by atoms with van der Waals surface area (Å²) in [7, 11) is 0. The summed E-state index contributed by atoms with van der Waals surface area (Å²) in [6, 6.07) is 0. The average molecular weight is 272 g/mol. The van der Waals surface area contributed by atoms with Crippen LogP contribution >= 0.6 is 11.6 Å². The standard InChI is InChI=1S/C13H22ClN3O/c1-4-17-11(13(14)10(3)16-17)8-18-12-7-15-6-5-9(12)2/h9,12,15H,4-8H2,1-3H3. The fourth-order valence-corrected chi connectivity index (χ4v) is 2.57. The molecule has 2 rings (SSSR count). The Morgan fingerprint density at radius 2 is 2.33 bits per heavy atom. The van der Waals surface area contributed by atoms with Gasteiger partial charge in [0.25, 0.3) is 0 Å². The van der Waals surface area contributed by atoms with Crippen LogP contribution in [0.4, 0.5) is 0 Å². The minimum atomic E-state index is 0.273. The fraction of sp³-hybridized carbons (Fsp3) is 0.769. The molecule has 0 amide bonds. The quantitative estimate of drug-likeness (QED) is 0.914.